The van der Waals surface area contributed by atoms with Gasteiger partial charge in [-0.05, 0) is 12.0 Å². The molecule has 2 heterocycles. The van der Waals surface area contributed by atoms with Gasteiger partial charge in [-0.1, -0.05) is 13.8 Å². The van der Waals surface area contributed by atoms with Gasteiger partial charge in [0.1, 0.15) is 6.26 Å². The number of rotatable bonds is 3. The third-order valence-corrected chi connectivity index (χ3v) is 2.24. The Bertz CT molecular complexity index is 471. The molecule has 0 aromatic carbocycles. The topological polar surface area (TPSA) is 70.9 Å². The Kier molecular flexibility index (Phi) is 2.76. The first-order valence-electron chi connectivity index (χ1n) is 5.05. The van der Waals surface area contributed by atoms with E-state index in [0.29, 0.717) is 17.3 Å². The predicted octanol–water partition coefficient (Wildman–Crippen LogP) is 2.38. The van der Waals surface area contributed by atoms with Crippen molar-refractivity contribution in [3.8, 4) is 0 Å². The molecular weight excluding hydrogens is 206 g/mol. The van der Waals surface area contributed by atoms with Gasteiger partial charge in [0.2, 0.25) is 0 Å². The van der Waals surface area contributed by atoms with E-state index in [4.69, 9.17) is 4.42 Å². The average Bonchev–Trinajstić information content (AvgIpc) is 2.87. The van der Waals surface area contributed by atoms with E-state index >= 15 is 0 Å². The van der Waals surface area contributed by atoms with E-state index in [1.165, 1.54) is 12.5 Å². The maximum Gasteiger partial charge on any atom is 0.260 e. The SMILES string of the molecule is CC(C)c1cc(NC(=O)c2ccoc2)n[nH]1. The van der Waals surface area contributed by atoms with E-state index in [2.05, 4.69) is 29.4 Å². The van der Waals surface area contributed by atoms with Gasteiger partial charge < -0.3 is 9.73 Å². The van der Waals surface area contributed by atoms with Gasteiger partial charge in [-0.3, -0.25) is 9.89 Å². The van der Waals surface area contributed by atoms with Gasteiger partial charge in [-0.2, -0.15) is 5.10 Å². The third-order valence-electron chi connectivity index (χ3n) is 2.24. The van der Waals surface area contributed by atoms with Crippen molar-refractivity contribution in [3.05, 3.63) is 35.9 Å². The fourth-order valence-corrected chi connectivity index (χ4v) is 1.28. The Hall–Kier alpha value is -2.04. The van der Waals surface area contributed by atoms with E-state index in [1.807, 2.05) is 6.07 Å². The van der Waals surface area contributed by atoms with Crippen LogP contribution in [-0.4, -0.2) is 16.1 Å². The molecule has 2 rings (SSSR count). The Balaban J connectivity index is 2.07. The summed E-state index contributed by atoms with van der Waals surface area (Å²) in [4.78, 5) is 11.6. The van der Waals surface area contributed by atoms with Crippen LogP contribution in [-0.2, 0) is 0 Å². The second kappa shape index (κ2) is 4.22. The highest BCUT2D eigenvalue weighted by molar-refractivity contribution is 6.03. The van der Waals surface area contributed by atoms with Crippen LogP contribution in [0.15, 0.2) is 29.1 Å². The summed E-state index contributed by atoms with van der Waals surface area (Å²) in [6.07, 6.45) is 2.85. The second-order valence-corrected chi connectivity index (χ2v) is 3.83. The molecule has 0 saturated carbocycles. The summed E-state index contributed by atoms with van der Waals surface area (Å²) in [5.41, 5.74) is 1.47. The molecule has 84 valence electrons. The number of carbonyl (C=O) groups excluding carboxylic acids is 1. The van der Waals surface area contributed by atoms with Gasteiger partial charge in [0.05, 0.1) is 11.8 Å². The number of H-pyrrole nitrogens is 1. The fraction of sp³-hybridized carbons (Fsp3) is 0.273. The highest BCUT2D eigenvalue weighted by atomic mass is 16.3. The van der Waals surface area contributed by atoms with Gasteiger partial charge in [-0.25, -0.2) is 0 Å². The number of aromatic nitrogens is 2. The summed E-state index contributed by atoms with van der Waals surface area (Å²) in [7, 11) is 0. The first kappa shape index (κ1) is 10.5. The first-order valence-corrected chi connectivity index (χ1v) is 5.05. The summed E-state index contributed by atoms with van der Waals surface area (Å²) < 4.78 is 4.83. The molecule has 0 bridgehead atoms. The van der Waals surface area contributed by atoms with Crippen LogP contribution in [0.3, 0.4) is 0 Å². The molecule has 0 saturated heterocycles. The van der Waals surface area contributed by atoms with Crippen LogP contribution in [0.2, 0.25) is 0 Å². The zero-order chi connectivity index (χ0) is 11.5. The minimum atomic E-state index is -0.226. The summed E-state index contributed by atoms with van der Waals surface area (Å²) in [6.45, 7) is 4.10. The van der Waals surface area contributed by atoms with Gasteiger partial charge in [0.25, 0.3) is 5.91 Å². The van der Waals surface area contributed by atoms with Crippen LogP contribution >= 0.6 is 0 Å². The number of furan rings is 1. The number of aromatic amines is 1. The minimum absolute atomic E-state index is 0.226. The van der Waals surface area contributed by atoms with Gasteiger partial charge in [0, 0.05) is 11.8 Å². The summed E-state index contributed by atoms with van der Waals surface area (Å²) in [6, 6.07) is 3.42. The van der Waals surface area contributed by atoms with Crippen molar-refractivity contribution < 1.29 is 9.21 Å². The number of hydrogen-bond acceptors (Lipinski definition) is 3. The second-order valence-electron chi connectivity index (χ2n) is 3.83. The third kappa shape index (κ3) is 2.13. The van der Waals surface area contributed by atoms with Gasteiger partial charge >= 0.3 is 0 Å². The van der Waals surface area contributed by atoms with E-state index < -0.39 is 0 Å². The molecule has 0 unspecified atom stereocenters. The fourth-order valence-electron chi connectivity index (χ4n) is 1.28. The molecule has 1 amide bonds. The van der Waals surface area contributed by atoms with Gasteiger partial charge in [-0.15, -0.1) is 0 Å². The van der Waals surface area contributed by atoms with Crippen molar-refractivity contribution >= 4 is 11.7 Å². The zero-order valence-corrected chi connectivity index (χ0v) is 9.15. The van der Waals surface area contributed by atoms with Gasteiger partial charge in [0.15, 0.2) is 5.82 Å². The lowest BCUT2D eigenvalue weighted by atomic mass is 10.1. The molecule has 0 aliphatic heterocycles. The largest absolute Gasteiger partial charge is 0.472 e. The molecule has 0 fully saturated rings. The normalized spacial score (nSPS) is 10.7. The standard InChI is InChI=1S/C11H13N3O2/c1-7(2)9-5-10(14-13-9)12-11(15)8-3-4-16-6-8/h3-7H,1-2H3,(H2,12,13,14,15). The first-order chi connectivity index (χ1) is 7.66. The summed E-state index contributed by atoms with van der Waals surface area (Å²) in [5, 5.41) is 9.55. The van der Waals surface area contributed by atoms with Crippen LogP contribution < -0.4 is 5.32 Å². The molecule has 5 heteroatoms. The van der Waals surface area contributed by atoms with Crippen LogP contribution in [0.25, 0.3) is 0 Å². The molecule has 0 atom stereocenters. The summed E-state index contributed by atoms with van der Waals surface area (Å²) in [5.74, 6) is 0.650. The molecule has 2 aromatic heterocycles. The lowest BCUT2D eigenvalue weighted by Crippen LogP contribution is -2.10. The molecule has 2 aromatic rings. The van der Waals surface area contributed by atoms with E-state index in [-0.39, 0.29) is 5.91 Å². The maximum absolute atomic E-state index is 11.6. The van der Waals surface area contributed by atoms with Crippen molar-refractivity contribution in [2.75, 3.05) is 5.32 Å². The molecule has 16 heavy (non-hydrogen) atoms. The molecular formula is C11H13N3O2. The number of anilines is 1. The molecule has 0 spiro atoms. The van der Waals surface area contributed by atoms with Crippen LogP contribution in [0.4, 0.5) is 5.82 Å². The van der Waals surface area contributed by atoms with Crippen molar-refractivity contribution in [2.24, 2.45) is 0 Å². The van der Waals surface area contributed by atoms with E-state index in [0.717, 1.165) is 5.69 Å². The van der Waals surface area contributed by atoms with E-state index in [1.54, 1.807) is 6.07 Å². The highest BCUT2D eigenvalue weighted by Crippen LogP contribution is 2.15. The monoisotopic (exact) mass is 219 g/mol. The van der Waals surface area contributed by atoms with Crippen molar-refractivity contribution in [1.82, 2.24) is 10.2 Å². The van der Waals surface area contributed by atoms with E-state index in [9.17, 15) is 4.79 Å². The number of nitrogens with one attached hydrogen (secondary N) is 2. The lowest BCUT2D eigenvalue weighted by Gasteiger charge is -1.98. The molecule has 0 aliphatic rings. The summed E-state index contributed by atoms with van der Waals surface area (Å²) >= 11 is 0. The Morgan fingerprint density at radius 1 is 1.56 bits per heavy atom. The highest BCUT2D eigenvalue weighted by Gasteiger charge is 2.10. The van der Waals surface area contributed by atoms with Crippen LogP contribution in [0.1, 0.15) is 35.8 Å². The van der Waals surface area contributed by atoms with Crippen LogP contribution in [0.5, 0.6) is 0 Å². The quantitative estimate of drug-likeness (QED) is 0.832. The van der Waals surface area contributed by atoms with Crippen molar-refractivity contribution in [3.63, 3.8) is 0 Å². The van der Waals surface area contributed by atoms with Crippen molar-refractivity contribution in [2.45, 2.75) is 19.8 Å². The Morgan fingerprint density at radius 2 is 2.38 bits per heavy atom. The average molecular weight is 219 g/mol. The number of carbonyl (C=O) groups is 1. The Morgan fingerprint density at radius 3 is 2.94 bits per heavy atom. The minimum Gasteiger partial charge on any atom is -0.472 e. The zero-order valence-electron chi connectivity index (χ0n) is 9.15. The predicted molar refractivity (Wildman–Crippen MR) is 59.3 cm³/mol. The number of amides is 1. The number of nitrogens with zero attached hydrogens (tertiary/aromatic N) is 1. The lowest BCUT2D eigenvalue weighted by molar-refractivity contribution is 0.102. The molecule has 5 nitrogen and oxygen atoms in total. The smallest absolute Gasteiger partial charge is 0.260 e. The van der Waals surface area contributed by atoms with Crippen molar-refractivity contribution in [1.29, 1.82) is 0 Å². The molecule has 0 aliphatic carbocycles. The number of hydrogen-bond donors (Lipinski definition) is 2. The Labute approximate surface area is 92.9 Å². The molecule has 2 N–H and O–H groups in total. The maximum atomic E-state index is 11.6. The van der Waals surface area contributed by atoms with Crippen LogP contribution in [0, 0.1) is 0 Å². The molecule has 0 radical (unpaired) electrons.